The Bertz CT molecular complexity index is 815. The number of rotatable bonds is 8. The number of carbonyl (C=O) groups excluding carboxylic acids is 3. The minimum absolute atomic E-state index is 0.0579. The second-order valence-corrected chi connectivity index (χ2v) is 7.19. The number of terminal acetylenes is 1. The van der Waals surface area contributed by atoms with Gasteiger partial charge in [-0.1, -0.05) is 6.07 Å². The van der Waals surface area contributed by atoms with Crippen LogP contribution in [0.15, 0.2) is 18.2 Å². The molecular formula is C21H28N4O5. The molecule has 0 aromatic heterocycles. The van der Waals surface area contributed by atoms with Crippen molar-refractivity contribution in [3.63, 3.8) is 0 Å². The summed E-state index contributed by atoms with van der Waals surface area (Å²) >= 11 is 0. The molecule has 0 aliphatic carbocycles. The van der Waals surface area contributed by atoms with Gasteiger partial charge in [0.2, 0.25) is 11.8 Å². The van der Waals surface area contributed by atoms with Gasteiger partial charge in [0.25, 0.3) is 5.91 Å². The molecule has 1 aromatic carbocycles. The summed E-state index contributed by atoms with van der Waals surface area (Å²) in [6, 6.07) is 2.43. The van der Waals surface area contributed by atoms with Crippen LogP contribution in [0, 0.1) is 12.3 Å². The third-order valence-corrected chi connectivity index (χ3v) is 5.17. The molecule has 1 saturated heterocycles. The van der Waals surface area contributed by atoms with Gasteiger partial charge in [-0.3, -0.25) is 14.4 Å². The SMILES string of the molecule is C#CC[C@H](NC(=O)[C@H](C)NC)C(=O)N1CCC[C@H]1CNC(=O)c1c(O)cccc1O. The maximum atomic E-state index is 13.0. The zero-order valence-corrected chi connectivity index (χ0v) is 17.1. The summed E-state index contributed by atoms with van der Waals surface area (Å²) in [6.45, 7) is 2.30. The van der Waals surface area contributed by atoms with E-state index >= 15 is 0 Å². The van der Waals surface area contributed by atoms with E-state index in [1.807, 2.05) is 0 Å². The molecule has 0 radical (unpaired) electrons. The Morgan fingerprint density at radius 1 is 1.30 bits per heavy atom. The number of hydrogen-bond donors (Lipinski definition) is 5. The highest BCUT2D eigenvalue weighted by atomic mass is 16.3. The van der Waals surface area contributed by atoms with Crippen molar-refractivity contribution < 1.29 is 24.6 Å². The molecule has 9 nitrogen and oxygen atoms in total. The van der Waals surface area contributed by atoms with E-state index in [1.54, 1.807) is 18.9 Å². The van der Waals surface area contributed by atoms with Gasteiger partial charge in [0.1, 0.15) is 23.1 Å². The van der Waals surface area contributed by atoms with Crippen molar-refractivity contribution in [1.82, 2.24) is 20.9 Å². The van der Waals surface area contributed by atoms with E-state index in [9.17, 15) is 24.6 Å². The van der Waals surface area contributed by atoms with E-state index in [2.05, 4.69) is 21.9 Å². The van der Waals surface area contributed by atoms with Gasteiger partial charge in [0.05, 0.1) is 6.04 Å². The molecule has 0 saturated carbocycles. The smallest absolute Gasteiger partial charge is 0.258 e. The van der Waals surface area contributed by atoms with E-state index in [0.717, 1.165) is 6.42 Å². The van der Waals surface area contributed by atoms with E-state index in [4.69, 9.17) is 6.42 Å². The first-order valence-electron chi connectivity index (χ1n) is 9.80. The number of phenols is 2. The van der Waals surface area contributed by atoms with Crippen LogP contribution in [0.3, 0.4) is 0 Å². The summed E-state index contributed by atoms with van der Waals surface area (Å²) in [6.07, 6.45) is 6.86. The minimum Gasteiger partial charge on any atom is -0.507 e. The molecule has 3 atom stereocenters. The van der Waals surface area contributed by atoms with E-state index in [1.165, 1.54) is 18.2 Å². The molecule has 1 aliphatic heterocycles. The molecule has 30 heavy (non-hydrogen) atoms. The quantitative estimate of drug-likeness (QED) is 0.377. The predicted molar refractivity (Wildman–Crippen MR) is 111 cm³/mol. The van der Waals surface area contributed by atoms with Gasteiger partial charge in [-0.2, -0.15) is 0 Å². The average Bonchev–Trinajstić information content (AvgIpc) is 3.19. The lowest BCUT2D eigenvalue weighted by molar-refractivity contribution is -0.137. The maximum absolute atomic E-state index is 13.0. The summed E-state index contributed by atoms with van der Waals surface area (Å²) in [4.78, 5) is 39.2. The average molecular weight is 416 g/mol. The lowest BCUT2D eigenvalue weighted by Gasteiger charge is -2.29. The number of nitrogens with one attached hydrogen (secondary N) is 3. The summed E-state index contributed by atoms with van der Waals surface area (Å²) in [7, 11) is 1.64. The van der Waals surface area contributed by atoms with Gasteiger partial charge < -0.3 is 31.1 Å². The summed E-state index contributed by atoms with van der Waals surface area (Å²) in [5.74, 6) is 0.498. The molecule has 3 amide bonds. The maximum Gasteiger partial charge on any atom is 0.258 e. The Morgan fingerprint density at radius 2 is 1.97 bits per heavy atom. The highest BCUT2D eigenvalue weighted by molar-refractivity contribution is 5.99. The molecule has 5 N–H and O–H groups in total. The standard InChI is InChI=1S/C21H28N4O5/c1-4-7-15(24-19(28)13(2)22-3)21(30)25-11-6-8-14(25)12-23-20(29)18-16(26)9-5-10-17(18)27/h1,5,9-10,13-15,22,26-27H,6-8,11-12H2,2-3H3,(H,23,29)(H,24,28)/t13-,14-,15-/m0/s1. The van der Waals surface area contributed by atoms with Crippen molar-refractivity contribution >= 4 is 17.7 Å². The number of amides is 3. The zero-order chi connectivity index (χ0) is 22.3. The molecule has 1 heterocycles. The van der Waals surface area contributed by atoms with Gasteiger partial charge in [-0.15, -0.1) is 12.3 Å². The normalized spacial score (nSPS) is 17.6. The highest BCUT2D eigenvalue weighted by Crippen LogP contribution is 2.26. The summed E-state index contributed by atoms with van der Waals surface area (Å²) in [5, 5.41) is 27.8. The zero-order valence-electron chi connectivity index (χ0n) is 17.1. The lowest BCUT2D eigenvalue weighted by Crippen LogP contribution is -2.54. The summed E-state index contributed by atoms with van der Waals surface area (Å²) < 4.78 is 0. The fourth-order valence-corrected chi connectivity index (χ4v) is 3.34. The van der Waals surface area contributed by atoms with Crippen LogP contribution >= 0.6 is 0 Å². The van der Waals surface area contributed by atoms with Crippen LogP contribution < -0.4 is 16.0 Å². The molecule has 0 bridgehead atoms. The molecule has 162 valence electrons. The molecule has 1 aromatic rings. The third-order valence-electron chi connectivity index (χ3n) is 5.17. The number of carbonyl (C=O) groups is 3. The first kappa shape index (κ1) is 23.0. The van der Waals surface area contributed by atoms with Gasteiger partial charge in [0, 0.05) is 25.6 Å². The Labute approximate surface area is 175 Å². The predicted octanol–water partition coefficient (Wildman–Crippen LogP) is -0.0654. The minimum atomic E-state index is -0.850. The number of likely N-dealkylation sites (N-methyl/N-ethyl adjacent to an activating group) is 1. The van der Waals surface area contributed by atoms with Gasteiger partial charge >= 0.3 is 0 Å². The topological polar surface area (TPSA) is 131 Å². The Morgan fingerprint density at radius 3 is 2.57 bits per heavy atom. The fraction of sp³-hybridized carbons (Fsp3) is 0.476. The van der Waals surface area contributed by atoms with Crippen LogP contribution in [-0.2, 0) is 9.59 Å². The second kappa shape index (κ2) is 10.5. The molecule has 0 unspecified atom stereocenters. The lowest BCUT2D eigenvalue weighted by atomic mass is 10.1. The van der Waals surface area contributed by atoms with Crippen LogP contribution in [-0.4, -0.2) is 71.1 Å². The van der Waals surface area contributed by atoms with E-state index in [0.29, 0.717) is 13.0 Å². The number of benzene rings is 1. The van der Waals surface area contributed by atoms with Crippen LogP contribution in [0.25, 0.3) is 0 Å². The van der Waals surface area contributed by atoms with Crippen LogP contribution in [0.1, 0.15) is 36.5 Å². The first-order valence-corrected chi connectivity index (χ1v) is 9.80. The van der Waals surface area contributed by atoms with Gasteiger partial charge in [0.15, 0.2) is 0 Å². The van der Waals surface area contributed by atoms with Crippen LogP contribution in [0.4, 0.5) is 0 Å². The van der Waals surface area contributed by atoms with Crippen molar-refractivity contribution in [3.05, 3.63) is 23.8 Å². The number of likely N-dealkylation sites (tertiary alicyclic amines) is 1. The monoisotopic (exact) mass is 416 g/mol. The Hall–Kier alpha value is -3.25. The van der Waals surface area contributed by atoms with Crippen molar-refractivity contribution in [2.45, 2.75) is 44.3 Å². The molecule has 9 heteroatoms. The van der Waals surface area contributed by atoms with E-state index < -0.39 is 18.0 Å². The largest absolute Gasteiger partial charge is 0.507 e. The Balaban J connectivity index is 2.04. The van der Waals surface area contributed by atoms with Crippen molar-refractivity contribution in [1.29, 1.82) is 0 Å². The molecular weight excluding hydrogens is 388 g/mol. The Kier molecular flexibility index (Phi) is 8.07. The van der Waals surface area contributed by atoms with Crippen molar-refractivity contribution in [2.24, 2.45) is 0 Å². The number of hydrogen-bond acceptors (Lipinski definition) is 6. The van der Waals surface area contributed by atoms with Crippen LogP contribution in [0.2, 0.25) is 0 Å². The van der Waals surface area contributed by atoms with Gasteiger partial charge in [-0.05, 0) is 38.9 Å². The van der Waals surface area contributed by atoms with E-state index in [-0.39, 0.29) is 47.9 Å². The first-order chi connectivity index (χ1) is 14.3. The number of nitrogens with zero attached hydrogens (tertiary/aromatic N) is 1. The molecule has 1 aliphatic rings. The van der Waals surface area contributed by atoms with Gasteiger partial charge in [-0.25, -0.2) is 0 Å². The third kappa shape index (κ3) is 5.42. The second-order valence-electron chi connectivity index (χ2n) is 7.19. The fourth-order valence-electron chi connectivity index (χ4n) is 3.34. The highest BCUT2D eigenvalue weighted by Gasteiger charge is 2.34. The van der Waals surface area contributed by atoms with Crippen LogP contribution in [0.5, 0.6) is 11.5 Å². The van der Waals surface area contributed by atoms with Crippen molar-refractivity contribution in [2.75, 3.05) is 20.1 Å². The number of aromatic hydroxyl groups is 2. The molecule has 2 rings (SSSR count). The van der Waals surface area contributed by atoms with Crippen molar-refractivity contribution in [3.8, 4) is 23.8 Å². The number of phenolic OH excluding ortho intramolecular Hbond substituents is 2. The summed E-state index contributed by atoms with van der Waals surface area (Å²) in [5.41, 5.74) is -0.216. The molecule has 0 spiro atoms. The molecule has 1 fully saturated rings.